The van der Waals surface area contributed by atoms with E-state index in [4.69, 9.17) is 5.73 Å². The van der Waals surface area contributed by atoms with Crippen molar-refractivity contribution in [2.24, 2.45) is 0 Å². The summed E-state index contributed by atoms with van der Waals surface area (Å²) >= 11 is 0. The quantitative estimate of drug-likeness (QED) is 0.801. The van der Waals surface area contributed by atoms with Crippen LogP contribution in [-0.2, 0) is 0 Å². The number of rotatable bonds is 2. The minimum atomic E-state index is -0.422. The number of aryl methyl sites for hydroxylation is 1. The summed E-state index contributed by atoms with van der Waals surface area (Å²) in [6.45, 7) is 1.89. The van der Waals surface area contributed by atoms with E-state index in [0.717, 1.165) is 31.2 Å². The predicted octanol–water partition coefficient (Wildman–Crippen LogP) is 1.95. The van der Waals surface area contributed by atoms with Gasteiger partial charge in [-0.2, -0.15) is 0 Å². The minimum Gasteiger partial charge on any atom is -0.398 e. The van der Waals surface area contributed by atoms with Crippen LogP contribution in [0.1, 0.15) is 41.6 Å². The van der Waals surface area contributed by atoms with Gasteiger partial charge in [0.25, 0.3) is 5.91 Å². The Morgan fingerprint density at radius 2 is 2.05 bits per heavy atom. The van der Waals surface area contributed by atoms with Gasteiger partial charge in [0, 0.05) is 12.7 Å². The molecule has 1 aromatic carbocycles. The molecule has 0 saturated heterocycles. The normalized spacial score (nSPS) is 23.1. The van der Waals surface area contributed by atoms with Crippen LogP contribution in [0.4, 0.5) is 5.69 Å². The molecule has 104 valence electrons. The highest BCUT2D eigenvalue weighted by molar-refractivity contribution is 5.99. The number of likely N-dealkylation sites (N-methyl/N-ethyl adjacent to an activating group) is 1. The lowest BCUT2D eigenvalue weighted by Crippen LogP contribution is -2.46. The molecule has 0 aliphatic heterocycles. The number of carbonyl (C=O) groups is 1. The Morgan fingerprint density at radius 3 is 2.74 bits per heavy atom. The molecule has 1 amide bonds. The second kappa shape index (κ2) is 5.61. The first-order chi connectivity index (χ1) is 9.02. The highest BCUT2D eigenvalue weighted by Crippen LogP contribution is 2.25. The Labute approximate surface area is 114 Å². The number of para-hydroxylation sites is 1. The molecule has 3 N–H and O–H groups in total. The SMILES string of the molecule is Cc1cccc(C(=O)N(C)C2CCCCC2O)c1N. The summed E-state index contributed by atoms with van der Waals surface area (Å²) in [5.41, 5.74) is 7.94. The van der Waals surface area contributed by atoms with Crippen molar-refractivity contribution in [2.45, 2.75) is 44.8 Å². The van der Waals surface area contributed by atoms with Crippen molar-refractivity contribution in [2.75, 3.05) is 12.8 Å². The van der Waals surface area contributed by atoms with Crippen molar-refractivity contribution in [3.63, 3.8) is 0 Å². The summed E-state index contributed by atoms with van der Waals surface area (Å²) in [7, 11) is 1.75. The van der Waals surface area contributed by atoms with E-state index in [1.165, 1.54) is 0 Å². The Bertz CT molecular complexity index is 473. The maximum atomic E-state index is 12.5. The fourth-order valence-electron chi connectivity index (χ4n) is 2.75. The van der Waals surface area contributed by atoms with Crippen molar-refractivity contribution < 1.29 is 9.90 Å². The maximum Gasteiger partial charge on any atom is 0.256 e. The third-order valence-corrected chi connectivity index (χ3v) is 4.07. The van der Waals surface area contributed by atoms with Crippen LogP contribution < -0.4 is 5.73 Å². The Kier molecular flexibility index (Phi) is 4.10. The van der Waals surface area contributed by atoms with Gasteiger partial charge in [-0.3, -0.25) is 4.79 Å². The molecule has 1 fully saturated rings. The van der Waals surface area contributed by atoms with E-state index in [-0.39, 0.29) is 11.9 Å². The first-order valence-electron chi connectivity index (χ1n) is 6.82. The first-order valence-corrected chi connectivity index (χ1v) is 6.82. The number of carbonyl (C=O) groups excluding carboxylic acids is 1. The first kappa shape index (κ1) is 13.9. The van der Waals surface area contributed by atoms with E-state index in [1.54, 1.807) is 18.0 Å². The van der Waals surface area contributed by atoms with Crippen LogP contribution in [0.5, 0.6) is 0 Å². The minimum absolute atomic E-state index is 0.0961. The molecule has 1 aliphatic carbocycles. The smallest absolute Gasteiger partial charge is 0.256 e. The molecular weight excluding hydrogens is 240 g/mol. The van der Waals surface area contributed by atoms with E-state index in [2.05, 4.69) is 0 Å². The van der Waals surface area contributed by atoms with E-state index in [1.807, 2.05) is 19.1 Å². The molecule has 19 heavy (non-hydrogen) atoms. The molecule has 0 radical (unpaired) electrons. The highest BCUT2D eigenvalue weighted by atomic mass is 16.3. The Morgan fingerprint density at radius 1 is 1.37 bits per heavy atom. The molecule has 0 aromatic heterocycles. The summed E-state index contributed by atoms with van der Waals surface area (Å²) in [5.74, 6) is -0.104. The van der Waals surface area contributed by atoms with Gasteiger partial charge in [-0.1, -0.05) is 25.0 Å². The van der Waals surface area contributed by atoms with Gasteiger partial charge in [-0.05, 0) is 31.4 Å². The number of anilines is 1. The summed E-state index contributed by atoms with van der Waals surface area (Å²) in [4.78, 5) is 14.1. The fraction of sp³-hybridized carbons (Fsp3) is 0.533. The largest absolute Gasteiger partial charge is 0.398 e. The number of aliphatic hydroxyl groups is 1. The number of aliphatic hydroxyl groups excluding tert-OH is 1. The van der Waals surface area contributed by atoms with E-state index >= 15 is 0 Å². The number of hydrogen-bond acceptors (Lipinski definition) is 3. The molecule has 4 nitrogen and oxygen atoms in total. The zero-order valence-electron chi connectivity index (χ0n) is 11.6. The molecule has 1 saturated carbocycles. The Hall–Kier alpha value is -1.55. The second-order valence-electron chi connectivity index (χ2n) is 5.37. The topological polar surface area (TPSA) is 66.6 Å². The number of nitrogens with zero attached hydrogens (tertiary/aromatic N) is 1. The molecule has 4 heteroatoms. The summed E-state index contributed by atoms with van der Waals surface area (Å²) < 4.78 is 0. The Balaban J connectivity index is 2.21. The zero-order chi connectivity index (χ0) is 14.0. The lowest BCUT2D eigenvalue weighted by molar-refractivity contribution is 0.0268. The molecule has 2 unspecified atom stereocenters. The van der Waals surface area contributed by atoms with Crippen LogP contribution >= 0.6 is 0 Å². The van der Waals surface area contributed by atoms with Crippen molar-refractivity contribution >= 4 is 11.6 Å². The zero-order valence-corrected chi connectivity index (χ0v) is 11.6. The van der Waals surface area contributed by atoms with Crippen molar-refractivity contribution in [3.05, 3.63) is 29.3 Å². The predicted molar refractivity (Wildman–Crippen MR) is 75.9 cm³/mol. The maximum absolute atomic E-state index is 12.5. The number of amides is 1. The van der Waals surface area contributed by atoms with Gasteiger partial charge in [0.1, 0.15) is 0 Å². The standard InChI is InChI=1S/C15H22N2O2/c1-10-6-5-7-11(14(10)16)15(19)17(2)12-8-3-4-9-13(12)18/h5-7,12-13,18H,3-4,8-9,16H2,1-2H3. The second-order valence-corrected chi connectivity index (χ2v) is 5.37. The van der Waals surface area contributed by atoms with E-state index < -0.39 is 6.10 Å². The van der Waals surface area contributed by atoms with Crippen molar-refractivity contribution in [1.29, 1.82) is 0 Å². The molecule has 2 rings (SSSR count). The molecule has 1 aliphatic rings. The summed E-state index contributed by atoms with van der Waals surface area (Å²) in [6.07, 6.45) is 3.30. The average Bonchev–Trinajstić information content (AvgIpc) is 2.41. The molecule has 2 atom stereocenters. The van der Waals surface area contributed by atoms with Gasteiger partial charge in [-0.25, -0.2) is 0 Å². The van der Waals surface area contributed by atoms with Gasteiger partial charge in [0.15, 0.2) is 0 Å². The summed E-state index contributed by atoms with van der Waals surface area (Å²) in [5, 5.41) is 10.0. The van der Waals surface area contributed by atoms with E-state index in [0.29, 0.717) is 11.3 Å². The van der Waals surface area contributed by atoms with Gasteiger partial charge in [0.2, 0.25) is 0 Å². The third kappa shape index (κ3) is 2.73. The van der Waals surface area contributed by atoms with Crippen LogP contribution in [0.15, 0.2) is 18.2 Å². The van der Waals surface area contributed by atoms with E-state index in [9.17, 15) is 9.90 Å². The van der Waals surface area contributed by atoms with Crippen LogP contribution in [-0.4, -0.2) is 35.1 Å². The van der Waals surface area contributed by atoms with Crippen molar-refractivity contribution in [3.8, 4) is 0 Å². The molecule has 0 spiro atoms. The van der Waals surface area contributed by atoms with Gasteiger partial charge >= 0.3 is 0 Å². The molecule has 1 aromatic rings. The average molecular weight is 262 g/mol. The van der Waals surface area contributed by atoms with Gasteiger partial charge < -0.3 is 15.7 Å². The number of hydrogen-bond donors (Lipinski definition) is 2. The number of nitrogen functional groups attached to an aromatic ring is 1. The third-order valence-electron chi connectivity index (χ3n) is 4.07. The summed E-state index contributed by atoms with van der Waals surface area (Å²) in [6, 6.07) is 5.38. The lowest BCUT2D eigenvalue weighted by Gasteiger charge is -2.35. The molecular formula is C15H22N2O2. The van der Waals surface area contributed by atoms with Crippen LogP contribution in [0.3, 0.4) is 0 Å². The van der Waals surface area contributed by atoms with Crippen LogP contribution in [0.25, 0.3) is 0 Å². The molecule has 0 bridgehead atoms. The van der Waals surface area contributed by atoms with Crippen LogP contribution in [0, 0.1) is 6.92 Å². The molecule has 0 heterocycles. The van der Waals surface area contributed by atoms with Gasteiger partial charge in [0.05, 0.1) is 17.7 Å². The number of nitrogens with two attached hydrogens (primary N) is 1. The lowest BCUT2D eigenvalue weighted by atomic mass is 9.91. The fourth-order valence-corrected chi connectivity index (χ4v) is 2.75. The van der Waals surface area contributed by atoms with Gasteiger partial charge in [-0.15, -0.1) is 0 Å². The van der Waals surface area contributed by atoms with Crippen molar-refractivity contribution in [1.82, 2.24) is 4.90 Å². The number of benzene rings is 1. The monoisotopic (exact) mass is 262 g/mol. The highest BCUT2D eigenvalue weighted by Gasteiger charge is 2.30. The van der Waals surface area contributed by atoms with Crippen LogP contribution in [0.2, 0.25) is 0 Å².